The summed E-state index contributed by atoms with van der Waals surface area (Å²) < 4.78 is 7.63. The average Bonchev–Trinajstić information content (AvgIpc) is 3.10. The molecular formula is C23H42N4O4. The topological polar surface area (TPSA) is 106 Å². The number of ketones is 1. The van der Waals surface area contributed by atoms with E-state index >= 15 is 0 Å². The second-order valence-corrected chi connectivity index (χ2v) is 9.79. The predicted octanol–water partition coefficient (Wildman–Crippen LogP) is 3.30. The fourth-order valence-corrected chi connectivity index (χ4v) is 2.03. The first kappa shape index (κ1) is 28.9. The largest absolute Gasteiger partial charge is 0.396 e. The summed E-state index contributed by atoms with van der Waals surface area (Å²) >= 11 is 0. The lowest BCUT2D eigenvalue weighted by Crippen LogP contribution is -2.31. The highest BCUT2D eigenvalue weighted by atomic mass is 16.5. The molecular weight excluding hydrogens is 396 g/mol. The van der Waals surface area contributed by atoms with Gasteiger partial charge >= 0.3 is 0 Å². The Morgan fingerprint density at radius 2 is 1.84 bits per heavy atom. The van der Waals surface area contributed by atoms with E-state index in [1.807, 2.05) is 34.6 Å². The van der Waals surface area contributed by atoms with Crippen molar-refractivity contribution in [3.8, 4) is 0 Å². The fourth-order valence-electron chi connectivity index (χ4n) is 2.03. The number of nitrogens with one attached hydrogen (secondary N) is 1. The zero-order valence-electron chi connectivity index (χ0n) is 20.6. The molecule has 0 saturated carbocycles. The van der Waals surface area contributed by atoms with E-state index in [2.05, 4.69) is 29.5 Å². The van der Waals surface area contributed by atoms with Crippen LogP contribution < -0.4 is 5.32 Å². The number of rotatable bonds is 11. The molecule has 8 nitrogen and oxygen atoms in total. The van der Waals surface area contributed by atoms with Gasteiger partial charge in [0, 0.05) is 25.7 Å². The molecule has 8 heteroatoms. The van der Waals surface area contributed by atoms with Gasteiger partial charge in [0.25, 0.3) is 0 Å². The number of hydrogen-bond acceptors (Lipinski definition) is 6. The van der Waals surface area contributed by atoms with Gasteiger partial charge in [0.15, 0.2) is 5.78 Å². The third-order valence-electron chi connectivity index (χ3n) is 4.00. The summed E-state index contributed by atoms with van der Waals surface area (Å²) in [4.78, 5) is 22.8. The molecule has 1 aromatic heterocycles. The smallest absolute Gasteiger partial charge is 0.244 e. The van der Waals surface area contributed by atoms with Crippen LogP contribution in [0.15, 0.2) is 18.3 Å². The second kappa shape index (κ2) is 14.1. The van der Waals surface area contributed by atoms with Crippen LogP contribution in [0, 0.1) is 11.3 Å². The van der Waals surface area contributed by atoms with Crippen LogP contribution in [-0.4, -0.2) is 50.6 Å². The van der Waals surface area contributed by atoms with Crippen molar-refractivity contribution >= 4 is 11.7 Å². The minimum atomic E-state index is -0.341. The maximum atomic E-state index is 11.6. The molecule has 1 aromatic rings. The lowest BCUT2D eigenvalue weighted by molar-refractivity contribution is -0.118. The van der Waals surface area contributed by atoms with Gasteiger partial charge in [-0.3, -0.25) is 9.59 Å². The van der Waals surface area contributed by atoms with E-state index in [1.165, 1.54) is 12.2 Å². The van der Waals surface area contributed by atoms with Crippen molar-refractivity contribution in [1.82, 2.24) is 20.3 Å². The van der Waals surface area contributed by atoms with Crippen molar-refractivity contribution in [3.05, 3.63) is 24.0 Å². The highest BCUT2D eigenvalue weighted by Gasteiger charge is 2.20. The SMILES string of the molecule is CC(C)(C)CO.CCC(=O)/C=C/C(=O)NCc1cn(CC(C)(C)OCCC(C)C)nn1. The third-order valence-corrected chi connectivity index (χ3v) is 4.00. The molecule has 178 valence electrons. The lowest BCUT2D eigenvalue weighted by atomic mass is 9.99. The van der Waals surface area contributed by atoms with Gasteiger partial charge in [-0.05, 0) is 37.7 Å². The molecule has 0 aliphatic rings. The maximum Gasteiger partial charge on any atom is 0.244 e. The highest BCUT2D eigenvalue weighted by molar-refractivity contribution is 5.97. The van der Waals surface area contributed by atoms with Gasteiger partial charge in [-0.15, -0.1) is 5.10 Å². The summed E-state index contributed by atoms with van der Waals surface area (Å²) in [6.45, 7) is 17.9. The first-order chi connectivity index (χ1) is 14.3. The number of allylic oxidation sites excluding steroid dienone is 1. The van der Waals surface area contributed by atoms with E-state index in [9.17, 15) is 9.59 Å². The molecule has 1 amide bonds. The van der Waals surface area contributed by atoms with Crippen molar-refractivity contribution in [2.24, 2.45) is 11.3 Å². The van der Waals surface area contributed by atoms with Crippen LogP contribution in [0.25, 0.3) is 0 Å². The van der Waals surface area contributed by atoms with Crippen molar-refractivity contribution in [3.63, 3.8) is 0 Å². The summed E-state index contributed by atoms with van der Waals surface area (Å²) in [5, 5.41) is 19.2. The molecule has 0 fully saturated rings. The minimum absolute atomic E-state index is 0.0826. The third kappa shape index (κ3) is 16.3. The number of hydrogen-bond donors (Lipinski definition) is 2. The summed E-state index contributed by atoms with van der Waals surface area (Å²) in [6.07, 6.45) is 5.71. The number of amides is 1. The quantitative estimate of drug-likeness (QED) is 0.514. The normalized spacial score (nSPS) is 12.1. The molecule has 0 bridgehead atoms. The van der Waals surface area contributed by atoms with E-state index < -0.39 is 0 Å². The Morgan fingerprint density at radius 1 is 1.23 bits per heavy atom. The standard InChI is InChI=1S/C18H30N4O3.C5H12O/c1-6-16(23)7-8-17(24)19-11-15-12-22(21-20-15)13-18(4,5)25-10-9-14(2)3;1-5(2,3)4-6/h7-8,12,14H,6,9-11,13H2,1-5H3,(H,19,24);6H,4H2,1-3H3/b8-7+;. The Kier molecular flexibility index (Phi) is 13.2. The van der Waals surface area contributed by atoms with E-state index in [-0.39, 0.29) is 35.9 Å². The summed E-state index contributed by atoms with van der Waals surface area (Å²) in [7, 11) is 0. The number of aliphatic hydroxyl groups excluding tert-OH is 1. The maximum absolute atomic E-state index is 11.6. The number of carbonyl (C=O) groups excluding carboxylic acids is 2. The van der Waals surface area contributed by atoms with Crippen LogP contribution >= 0.6 is 0 Å². The minimum Gasteiger partial charge on any atom is -0.396 e. The molecule has 0 aliphatic heterocycles. The Morgan fingerprint density at radius 3 is 2.35 bits per heavy atom. The van der Waals surface area contributed by atoms with E-state index in [1.54, 1.807) is 17.8 Å². The molecule has 1 heterocycles. The van der Waals surface area contributed by atoms with Crippen LogP contribution in [0.4, 0.5) is 0 Å². The van der Waals surface area contributed by atoms with Gasteiger partial charge in [-0.25, -0.2) is 4.68 Å². The highest BCUT2D eigenvalue weighted by Crippen LogP contribution is 2.14. The summed E-state index contributed by atoms with van der Waals surface area (Å²) in [5.74, 6) is 0.202. The second-order valence-electron chi connectivity index (χ2n) is 9.79. The molecule has 0 radical (unpaired) electrons. The van der Waals surface area contributed by atoms with Gasteiger partial charge in [-0.2, -0.15) is 0 Å². The molecule has 0 atom stereocenters. The van der Waals surface area contributed by atoms with Crippen LogP contribution in [0.2, 0.25) is 0 Å². The number of carbonyl (C=O) groups is 2. The summed E-state index contributed by atoms with van der Waals surface area (Å²) in [6, 6.07) is 0. The van der Waals surface area contributed by atoms with Crippen molar-refractivity contribution in [2.75, 3.05) is 13.2 Å². The van der Waals surface area contributed by atoms with Gasteiger partial charge in [0.1, 0.15) is 5.69 Å². The zero-order chi connectivity index (χ0) is 24.1. The Bertz CT molecular complexity index is 688. The van der Waals surface area contributed by atoms with Crippen LogP contribution in [-0.2, 0) is 27.4 Å². The molecule has 31 heavy (non-hydrogen) atoms. The predicted molar refractivity (Wildman–Crippen MR) is 122 cm³/mol. The fraction of sp³-hybridized carbons (Fsp3) is 0.739. The molecule has 0 saturated heterocycles. The molecule has 0 aliphatic carbocycles. The van der Waals surface area contributed by atoms with Gasteiger partial charge in [-0.1, -0.05) is 46.8 Å². The molecule has 0 unspecified atom stereocenters. The molecule has 0 aromatic carbocycles. The first-order valence-electron chi connectivity index (χ1n) is 10.9. The molecule has 0 spiro atoms. The van der Waals surface area contributed by atoms with Crippen molar-refractivity contribution < 1.29 is 19.4 Å². The number of aromatic nitrogens is 3. The van der Waals surface area contributed by atoms with Gasteiger partial charge < -0.3 is 15.2 Å². The van der Waals surface area contributed by atoms with Crippen molar-refractivity contribution in [1.29, 1.82) is 0 Å². The van der Waals surface area contributed by atoms with Crippen LogP contribution in [0.1, 0.15) is 73.9 Å². The van der Waals surface area contributed by atoms with Crippen LogP contribution in [0.5, 0.6) is 0 Å². The average molecular weight is 439 g/mol. The molecule has 2 N–H and O–H groups in total. The molecule has 1 rings (SSSR count). The van der Waals surface area contributed by atoms with Crippen LogP contribution in [0.3, 0.4) is 0 Å². The van der Waals surface area contributed by atoms with E-state index in [4.69, 9.17) is 9.84 Å². The van der Waals surface area contributed by atoms with E-state index in [0.717, 1.165) is 6.42 Å². The van der Waals surface area contributed by atoms with Gasteiger partial charge in [0.2, 0.25) is 5.91 Å². The lowest BCUT2D eigenvalue weighted by Gasteiger charge is -2.25. The number of nitrogens with zero attached hydrogens (tertiary/aromatic N) is 3. The van der Waals surface area contributed by atoms with Crippen molar-refractivity contribution in [2.45, 2.75) is 86.9 Å². The Balaban J connectivity index is 0.00000131. The number of ether oxygens (including phenoxy) is 1. The summed E-state index contributed by atoms with van der Waals surface area (Å²) in [5.41, 5.74) is 0.411. The van der Waals surface area contributed by atoms with E-state index in [0.29, 0.717) is 31.2 Å². The zero-order valence-corrected chi connectivity index (χ0v) is 20.6. The first-order valence-corrected chi connectivity index (χ1v) is 10.9. The number of aliphatic hydroxyl groups is 1. The Hall–Kier alpha value is -2.06. The monoisotopic (exact) mass is 438 g/mol. The Labute approximate surface area is 187 Å². The van der Waals surface area contributed by atoms with Gasteiger partial charge in [0.05, 0.1) is 24.9 Å².